The van der Waals surface area contributed by atoms with Crippen molar-refractivity contribution in [2.45, 2.75) is 6.92 Å². The number of carbonyl (C=O) groups is 1. The Morgan fingerprint density at radius 2 is 1.79 bits per heavy atom. The second kappa shape index (κ2) is 4.32. The van der Waals surface area contributed by atoms with E-state index in [2.05, 4.69) is 0 Å². The Kier molecular flexibility index (Phi) is 3.12. The zero-order chi connectivity index (χ0) is 10.6. The zero-order valence-electron chi connectivity index (χ0n) is 7.60. The van der Waals surface area contributed by atoms with Gasteiger partial charge in [-0.3, -0.25) is 0 Å². The molecule has 1 aromatic rings. The van der Waals surface area contributed by atoms with Gasteiger partial charge in [-0.1, -0.05) is 18.2 Å². The van der Waals surface area contributed by atoms with Gasteiger partial charge in [0.2, 0.25) is 5.76 Å². The fourth-order valence-electron chi connectivity index (χ4n) is 0.864. The zero-order valence-corrected chi connectivity index (χ0v) is 7.60. The molecule has 0 aliphatic heterocycles. The van der Waals surface area contributed by atoms with Gasteiger partial charge < -0.3 is 14.9 Å². The predicted octanol–water partition coefficient (Wildman–Crippen LogP) is 1.94. The van der Waals surface area contributed by atoms with E-state index in [4.69, 9.17) is 14.9 Å². The van der Waals surface area contributed by atoms with E-state index < -0.39 is 11.7 Å². The van der Waals surface area contributed by atoms with E-state index >= 15 is 0 Å². The van der Waals surface area contributed by atoms with Crippen LogP contribution in [-0.4, -0.2) is 16.2 Å². The Labute approximate surface area is 81.1 Å². The number of hydrogen-bond acceptors (Lipinski definition) is 3. The fourth-order valence-corrected chi connectivity index (χ4v) is 0.864. The van der Waals surface area contributed by atoms with E-state index in [0.29, 0.717) is 5.75 Å². The number of rotatable bonds is 3. The van der Waals surface area contributed by atoms with E-state index in [9.17, 15) is 4.79 Å². The van der Waals surface area contributed by atoms with E-state index in [1.807, 2.05) is 6.07 Å². The summed E-state index contributed by atoms with van der Waals surface area (Å²) in [5, 5.41) is 17.5. The number of carboxylic acid groups (broad SMARTS) is 1. The Hall–Kier alpha value is -1.97. The van der Waals surface area contributed by atoms with Gasteiger partial charge in [-0.2, -0.15) is 0 Å². The molecule has 0 radical (unpaired) electrons. The molecule has 0 aromatic heterocycles. The van der Waals surface area contributed by atoms with E-state index in [1.165, 1.54) is 6.92 Å². The van der Waals surface area contributed by atoms with Crippen LogP contribution in [0.1, 0.15) is 6.92 Å². The smallest absolute Gasteiger partial charge is 0.374 e. The molecule has 1 aromatic carbocycles. The topological polar surface area (TPSA) is 66.8 Å². The van der Waals surface area contributed by atoms with Gasteiger partial charge in [-0.05, 0) is 19.1 Å². The van der Waals surface area contributed by atoms with Gasteiger partial charge in [0.1, 0.15) is 5.75 Å². The van der Waals surface area contributed by atoms with Crippen molar-refractivity contribution in [3.05, 3.63) is 41.9 Å². The van der Waals surface area contributed by atoms with Gasteiger partial charge in [-0.15, -0.1) is 0 Å². The van der Waals surface area contributed by atoms with Gasteiger partial charge >= 0.3 is 5.97 Å². The van der Waals surface area contributed by atoms with Crippen LogP contribution < -0.4 is 4.74 Å². The van der Waals surface area contributed by atoms with Crippen LogP contribution >= 0.6 is 0 Å². The maximum atomic E-state index is 10.3. The van der Waals surface area contributed by atoms with Gasteiger partial charge in [0.05, 0.1) is 0 Å². The fraction of sp³-hybridized carbons (Fsp3) is 0.100. The van der Waals surface area contributed by atoms with Crippen molar-refractivity contribution >= 4 is 5.97 Å². The first-order valence-corrected chi connectivity index (χ1v) is 3.97. The van der Waals surface area contributed by atoms with Gasteiger partial charge in [0, 0.05) is 0 Å². The van der Waals surface area contributed by atoms with Crippen LogP contribution in [0, 0.1) is 0 Å². The van der Waals surface area contributed by atoms with Gasteiger partial charge in [0.25, 0.3) is 0 Å². The van der Waals surface area contributed by atoms with Crippen molar-refractivity contribution in [3.8, 4) is 5.75 Å². The van der Waals surface area contributed by atoms with Crippen LogP contribution in [0.3, 0.4) is 0 Å². The van der Waals surface area contributed by atoms with Crippen LogP contribution in [0.15, 0.2) is 41.9 Å². The maximum absolute atomic E-state index is 10.3. The van der Waals surface area contributed by atoms with Crippen molar-refractivity contribution in [1.82, 2.24) is 0 Å². The summed E-state index contributed by atoms with van der Waals surface area (Å²) in [5.41, 5.74) is 0. The second-order valence-corrected chi connectivity index (χ2v) is 2.63. The molecule has 14 heavy (non-hydrogen) atoms. The Morgan fingerprint density at radius 3 is 2.29 bits per heavy atom. The summed E-state index contributed by atoms with van der Waals surface area (Å²) in [6.07, 6.45) is 0. The third-order valence-electron chi connectivity index (χ3n) is 1.55. The van der Waals surface area contributed by atoms with Gasteiger partial charge in [0.15, 0.2) is 5.76 Å². The lowest BCUT2D eigenvalue weighted by molar-refractivity contribution is -0.135. The summed E-state index contributed by atoms with van der Waals surface area (Å²) in [5.74, 6) is -1.74. The number of hydrogen-bond donors (Lipinski definition) is 2. The van der Waals surface area contributed by atoms with E-state index in [1.54, 1.807) is 24.3 Å². The largest absolute Gasteiger partial charge is 0.499 e. The van der Waals surface area contributed by atoms with Crippen molar-refractivity contribution in [2.24, 2.45) is 0 Å². The number of aliphatic hydroxyl groups excluding tert-OH is 1. The summed E-state index contributed by atoms with van der Waals surface area (Å²) < 4.78 is 5.09. The summed E-state index contributed by atoms with van der Waals surface area (Å²) >= 11 is 0. The lowest BCUT2D eigenvalue weighted by Gasteiger charge is -2.05. The lowest BCUT2D eigenvalue weighted by atomic mass is 10.3. The lowest BCUT2D eigenvalue weighted by Crippen LogP contribution is -2.05. The monoisotopic (exact) mass is 194 g/mol. The molecule has 0 saturated carbocycles. The number of ether oxygens (including phenoxy) is 1. The third kappa shape index (κ3) is 2.52. The standard InChI is InChI=1S/C10H10O4/c1-7(9(11)10(12)13)14-8-5-3-2-4-6-8/h2-6,11H,1H3,(H,12,13). The number of carboxylic acids is 1. The molecule has 0 atom stereocenters. The van der Waals surface area contributed by atoms with Crippen LogP contribution in [-0.2, 0) is 4.79 Å². The molecule has 4 heteroatoms. The highest BCUT2D eigenvalue weighted by Gasteiger charge is 2.10. The average molecular weight is 194 g/mol. The first-order chi connectivity index (χ1) is 6.61. The normalized spacial score (nSPS) is 11.8. The summed E-state index contributed by atoms with van der Waals surface area (Å²) in [6, 6.07) is 8.64. The molecule has 0 bridgehead atoms. The number of aliphatic carboxylic acids is 1. The number of para-hydroxylation sites is 1. The van der Waals surface area contributed by atoms with Gasteiger partial charge in [-0.25, -0.2) is 4.79 Å². The van der Waals surface area contributed by atoms with Crippen LogP contribution in [0.25, 0.3) is 0 Å². The van der Waals surface area contributed by atoms with Crippen LogP contribution in [0.2, 0.25) is 0 Å². The molecule has 0 unspecified atom stereocenters. The average Bonchev–Trinajstić information content (AvgIpc) is 2.18. The number of benzene rings is 1. The maximum Gasteiger partial charge on any atom is 0.374 e. The minimum Gasteiger partial charge on any atom is -0.499 e. The van der Waals surface area contributed by atoms with Crippen LogP contribution in [0.5, 0.6) is 5.75 Å². The predicted molar refractivity (Wildman–Crippen MR) is 50.0 cm³/mol. The minimum absolute atomic E-state index is 0.0382. The molecule has 0 saturated heterocycles. The molecule has 1 rings (SSSR count). The molecule has 0 amide bonds. The number of aliphatic hydroxyl groups is 1. The van der Waals surface area contributed by atoms with E-state index in [0.717, 1.165) is 0 Å². The van der Waals surface area contributed by atoms with Crippen molar-refractivity contribution < 1.29 is 19.7 Å². The molecule has 74 valence electrons. The van der Waals surface area contributed by atoms with Crippen molar-refractivity contribution in [2.75, 3.05) is 0 Å². The highest BCUT2D eigenvalue weighted by atomic mass is 16.5. The van der Waals surface area contributed by atoms with Crippen LogP contribution in [0.4, 0.5) is 0 Å². The molecule has 0 aliphatic rings. The molecule has 0 heterocycles. The SMILES string of the molecule is CC(Oc1ccccc1)=C(O)C(=O)O. The Morgan fingerprint density at radius 1 is 1.21 bits per heavy atom. The molecule has 2 N–H and O–H groups in total. The minimum atomic E-state index is -1.40. The summed E-state index contributed by atoms with van der Waals surface area (Å²) in [7, 11) is 0. The second-order valence-electron chi connectivity index (χ2n) is 2.63. The molecule has 4 nitrogen and oxygen atoms in total. The molecular weight excluding hydrogens is 184 g/mol. The summed E-state index contributed by atoms with van der Waals surface area (Å²) in [6.45, 7) is 1.39. The van der Waals surface area contributed by atoms with E-state index in [-0.39, 0.29) is 5.76 Å². The molecular formula is C10H10O4. The van der Waals surface area contributed by atoms with Crippen molar-refractivity contribution in [1.29, 1.82) is 0 Å². The quantitative estimate of drug-likeness (QED) is 0.570. The Balaban J connectivity index is 2.80. The highest BCUT2D eigenvalue weighted by molar-refractivity contribution is 5.84. The Bertz CT molecular complexity index is 354. The molecule has 0 spiro atoms. The molecule has 0 fully saturated rings. The van der Waals surface area contributed by atoms with Crippen molar-refractivity contribution in [3.63, 3.8) is 0 Å². The summed E-state index contributed by atoms with van der Waals surface area (Å²) in [4.78, 5) is 10.3. The first kappa shape index (κ1) is 10.1. The first-order valence-electron chi connectivity index (χ1n) is 3.97. The third-order valence-corrected chi connectivity index (χ3v) is 1.55. The number of allylic oxidation sites excluding steroid dienone is 1. The molecule has 0 aliphatic carbocycles. The highest BCUT2D eigenvalue weighted by Crippen LogP contribution is 2.13.